The Morgan fingerprint density at radius 1 is 1.21 bits per heavy atom. The van der Waals surface area contributed by atoms with E-state index in [4.69, 9.17) is 0 Å². The average Bonchev–Trinajstić information content (AvgIpc) is 2.86. The van der Waals surface area contributed by atoms with E-state index in [9.17, 15) is 0 Å². The fourth-order valence-corrected chi connectivity index (χ4v) is 3.31. The van der Waals surface area contributed by atoms with Crippen LogP contribution in [0.4, 0.5) is 0 Å². The van der Waals surface area contributed by atoms with Crippen molar-refractivity contribution < 1.29 is 0 Å². The van der Waals surface area contributed by atoms with E-state index < -0.39 is 0 Å². The summed E-state index contributed by atoms with van der Waals surface area (Å²) >= 11 is 0. The van der Waals surface area contributed by atoms with Crippen LogP contribution in [0.5, 0.6) is 0 Å². The SMILES string of the molecule is CCC1CCCC1NC(CN(C)C)c1ccccc1. The summed E-state index contributed by atoms with van der Waals surface area (Å²) < 4.78 is 0. The normalized spacial score (nSPS) is 24.8. The molecule has 106 valence electrons. The topological polar surface area (TPSA) is 15.3 Å². The van der Waals surface area contributed by atoms with Crippen LogP contribution < -0.4 is 5.32 Å². The quantitative estimate of drug-likeness (QED) is 0.842. The van der Waals surface area contributed by atoms with E-state index in [-0.39, 0.29) is 0 Å². The van der Waals surface area contributed by atoms with E-state index in [0.29, 0.717) is 12.1 Å². The number of rotatable bonds is 6. The number of hydrogen-bond acceptors (Lipinski definition) is 2. The summed E-state index contributed by atoms with van der Waals surface area (Å²) in [6, 6.07) is 12.0. The Morgan fingerprint density at radius 2 is 1.95 bits per heavy atom. The average molecular weight is 260 g/mol. The van der Waals surface area contributed by atoms with Gasteiger partial charge in [-0.15, -0.1) is 0 Å². The molecule has 0 radical (unpaired) electrons. The molecule has 2 heteroatoms. The first-order chi connectivity index (χ1) is 9.20. The van der Waals surface area contributed by atoms with Gasteiger partial charge in [0.2, 0.25) is 0 Å². The minimum atomic E-state index is 0.452. The molecule has 0 spiro atoms. The van der Waals surface area contributed by atoms with Crippen molar-refractivity contribution in [1.29, 1.82) is 0 Å². The van der Waals surface area contributed by atoms with E-state index in [0.717, 1.165) is 12.5 Å². The molecular formula is C17H28N2. The Kier molecular flexibility index (Phi) is 5.41. The molecule has 0 saturated heterocycles. The first-order valence-corrected chi connectivity index (χ1v) is 7.66. The molecule has 1 aromatic carbocycles. The van der Waals surface area contributed by atoms with Crippen molar-refractivity contribution in [3.05, 3.63) is 35.9 Å². The molecule has 1 fully saturated rings. The van der Waals surface area contributed by atoms with Gasteiger partial charge < -0.3 is 10.2 Å². The summed E-state index contributed by atoms with van der Waals surface area (Å²) in [5, 5.41) is 3.92. The van der Waals surface area contributed by atoms with Gasteiger partial charge in [-0.3, -0.25) is 0 Å². The fraction of sp³-hybridized carbons (Fsp3) is 0.647. The lowest BCUT2D eigenvalue weighted by Gasteiger charge is -2.29. The minimum Gasteiger partial charge on any atom is -0.308 e. The second-order valence-corrected chi connectivity index (χ2v) is 6.10. The summed E-state index contributed by atoms with van der Waals surface area (Å²) in [6.07, 6.45) is 5.44. The molecule has 0 bridgehead atoms. The van der Waals surface area contributed by atoms with E-state index >= 15 is 0 Å². The highest BCUT2D eigenvalue weighted by atomic mass is 15.1. The molecule has 0 heterocycles. The highest BCUT2D eigenvalue weighted by molar-refractivity contribution is 5.19. The Hall–Kier alpha value is -0.860. The third-order valence-electron chi connectivity index (χ3n) is 4.35. The molecule has 3 unspecified atom stereocenters. The fourth-order valence-electron chi connectivity index (χ4n) is 3.31. The zero-order chi connectivity index (χ0) is 13.7. The van der Waals surface area contributed by atoms with E-state index in [2.05, 4.69) is 61.6 Å². The predicted octanol–water partition coefficient (Wildman–Crippen LogP) is 3.46. The van der Waals surface area contributed by atoms with Gasteiger partial charge in [-0.25, -0.2) is 0 Å². The largest absolute Gasteiger partial charge is 0.308 e. The number of nitrogens with one attached hydrogen (secondary N) is 1. The first kappa shape index (κ1) is 14.5. The van der Waals surface area contributed by atoms with Crippen LogP contribution in [0.3, 0.4) is 0 Å². The molecule has 1 aliphatic carbocycles. The molecule has 1 aliphatic rings. The summed E-state index contributed by atoms with van der Waals surface area (Å²) in [7, 11) is 4.31. The Balaban J connectivity index is 2.06. The molecule has 0 amide bonds. The summed E-state index contributed by atoms with van der Waals surface area (Å²) in [4.78, 5) is 2.28. The molecule has 2 rings (SSSR count). The third-order valence-corrected chi connectivity index (χ3v) is 4.35. The highest BCUT2D eigenvalue weighted by Crippen LogP contribution is 2.30. The van der Waals surface area contributed by atoms with E-state index in [1.807, 2.05) is 0 Å². The lowest BCUT2D eigenvalue weighted by molar-refractivity contribution is 0.290. The van der Waals surface area contributed by atoms with Crippen molar-refractivity contribution in [1.82, 2.24) is 10.2 Å². The zero-order valence-electron chi connectivity index (χ0n) is 12.6. The van der Waals surface area contributed by atoms with E-state index in [1.165, 1.54) is 31.2 Å². The lowest BCUT2D eigenvalue weighted by Crippen LogP contribution is -2.39. The van der Waals surface area contributed by atoms with Gasteiger partial charge in [0.15, 0.2) is 0 Å². The van der Waals surface area contributed by atoms with Crippen molar-refractivity contribution in [3.8, 4) is 0 Å². The molecule has 0 aromatic heterocycles. The van der Waals surface area contributed by atoms with Crippen LogP contribution in [-0.4, -0.2) is 31.6 Å². The van der Waals surface area contributed by atoms with Gasteiger partial charge >= 0.3 is 0 Å². The molecule has 1 saturated carbocycles. The van der Waals surface area contributed by atoms with Crippen molar-refractivity contribution in [2.24, 2.45) is 5.92 Å². The molecule has 1 N–H and O–H groups in total. The second-order valence-electron chi connectivity index (χ2n) is 6.10. The maximum atomic E-state index is 3.92. The van der Waals surface area contributed by atoms with Crippen LogP contribution in [0.1, 0.15) is 44.2 Å². The number of nitrogens with zero attached hydrogens (tertiary/aromatic N) is 1. The monoisotopic (exact) mass is 260 g/mol. The zero-order valence-corrected chi connectivity index (χ0v) is 12.6. The maximum Gasteiger partial charge on any atom is 0.0451 e. The number of likely N-dealkylation sites (N-methyl/N-ethyl adjacent to an activating group) is 1. The second kappa shape index (κ2) is 7.06. The first-order valence-electron chi connectivity index (χ1n) is 7.66. The molecule has 2 nitrogen and oxygen atoms in total. The van der Waals surface area contributed by atoms with Gasteiger partial charge in [0.1, 0.15) is 0 Å². The summed E-state index contributed by atoms with van der Waals surface area (Å²) in [5.74, 6) is 0.869. The molecule has 0 aliphatic heterocycles. The van der Waals surface area contributed by atoms with Crippen LogP contribution in [0.2, 0.25) is 0 Å². The van der Waals surface area contributed by atoms with Crippen LogP contribution in [0, 0.1) is 5.92 Å². The number of hydrogen-bond donors (Lipinski definition) is 1. The van der Waals surface area contributed by atoms with Gasteiger partial charge in [-0.05, 0) is 38.4 Å². The van der Waals surface area contributed by atoms with Crippen molar-refractivity contribution in [2.45, 2.75) is 44.7 Å². The molecule has 19 heavy (non-hydrogen) atoms. The van der Waals surface area contributed by atoms with Gasteiger partial charge in [0.05, 0.1) is 0 Å². The molecule has 3 atom stereocenters. The van der Waals surface area contributed by atoms with Gasteiger partial charge in [0.25, 0.3) is 0 Å². The van der Waals surface area contributed by atoms with Crippen LogP contribution in [-0.2, 0) is 0 Å². The van der Waals surface area contributed by atoms with Gasteiger partial charge in [-0.2, -0.15) is 0 Å². The third kappa shape index (κ3) is 4.05. The highest BCUT2D eigenvalue weighted by Gasteiger charge is 2.28. The Labute approximate surface area is 118 Å². The standard InChI is InChI=1S/C17H28N2/c1-4-14-11-8-12-16(14)18-17(13-19(2)3)15-9-6-5-7-10-15/h5-7,9-10,14,16-18H,4,8,11-13H2,1-3H3. The van der Waals surface area contributed by atoms with E-state index in [1.54, 1.807) is 0 Å². The number of benzene rings is 1. The molecular weight excluding hydrogens is 232 g/mol. The molecule has 1 aromatic rings. The predicted molar refractivity (Wildman–Crippen MR) is 82.3 cm³/mol. The van der Waals surface area contributed by atoms with Crippen LogP contribution in [0.15, 0.2) is 30.3 Å². The smallest absolute Gasteiger partial charge is 0.0451 e. The van der Waals surface area contributed by atoms with Crippen molar-refractivity contribution in [2.75, 3.05) is 20.6 Å². The van der Waals surface area contributed by atoms with Crippen molar-refractivity contribution >= 4 is 0 Å². The van der Waals surface area contributed by atoms with Gasteiger partial charge in [0, 0.05) is 18.6 Å². The van der Waals surface area contributed by atoms with Gasteiger partial charge in [-0.1, -0.05) is 50.1 Å². The lowest BCUT2D eigenvalue weighted by atomic mass is 9.98. The Morgan fingerprint density at radius 3 is 2.58 bits per heavy atom. The van der Waals surface area contributed by atoms with Crippen molar-refractivity contribution in [3.63, 3.8) is 0 Å². The summed E-state index contributed by atoms with van der Waals surface area (Å²) in [6.45, 7) is 3.39. The van der Waals surface area contributed by atoms with Crippen LogP contribution in [0.25, 0.3) is 0 Å². The maximum absolute atomic E-state index is 3.92. The Bertz CT molecular complexity index is 361. The van der Waals surface area contributed by atoms with Crippen LogP contribution >= 0.6 is 0 Å². The minimum absolute atomic E-state index is 0.452. The summed E-state index contributed by atoms with van der Waals surface area (Å²) in [5.41, 5.74) is 1.41.